The van der Waals surface area contributed by atoms with Crippen LogP contribution >= 0.6 is 0 Å². The van der Waals surface area contributed by atoms with E-state index < -0.39 is 0 Å². The predicted octanol–water partition coefficient (Wildman–Crippen LogP) is 2.64. The molecule has 3 fully saturated rings. The summed E-state index contributed by atoms with van der Waals surface area (Å²) in [5, 5.41) is 7.53. The smallest absolute Gasteiger partial charge is 0.0175 e. The van der Waals surface area contributed by atoms with Crippen LogP contribution in [0.2, 0.25) is 0 Å². The van der Waals surface area contributed by atoms with Crippen LogP contribution in [0, 0.1) is 0 Å². The maximum atomic E-state index is 4.25. The summed E-state index contributed by atoms with van der Waals surface area (Å²) in [4.78, 5) is 2.47. The van der Waals surface area contributed by atoms with Crippen molar-refractivity contribution >= 4 is 0 Å². The maximum Gasteiger partial charge on any atom is 0.0175 e. The van der Waals surface area contributed by atoms with Gasteiger partial charge < -0.3 is 15.5 Å². The quantitative estimate of drug-likeness (QED) is 0.749. The van der Waals surface area contributed by atoms with Crippen molar-refractivity contribution in [3.8, 4) is 0 Å². The lowest BCUT2D eigenvalue weighted by Gasteiger charge is -2.30. The topological polar surface area (TPSA) is 27.3 Å². The Morgan fingerprint density at radius 3 is 2.05 bits per heavy atom. The summed E-state index contributed by atoms with van der Waals surface area (Å²) in [5.41, 5.74) is 1.35. The minimum atomic E-state index is 0.749. The third-order valence-electron chi connectivity index (χ3n) is 5.18. The molecule has 3 rings (SSSR count). The van der Waals surface area contributed by atoms with Crippen LogP contribution < -0.4 is 10.6 Å². The lowest BCUT2D eigenvalue weighted by atomic mass is 9.91. The van der Waals surface area contributed by atoms with Gasteiger partial charge in [0.25, 0.3) is 0 Å². The highest BCUT2D eigenvalue weighted by Gasteiger charge is 2.27. The van der Waals surface area contributed by atoms with Gasteiger partial charge in [-0.3, -0.25) is 0 Å². The zero-order valence-corrected chi connectivity index (χ0v) is 12.9. The Bertz CT molecular complexity index is 310. The molecule has 3 nitrogen and oxygen atoms in total. The molecule has 0 amide bonds. The first-order valence-electron chi connectivity index (χ1n) is 8.73. The first kappa shape index (κ1) is 14.4. The fourth-order valence-corrected chi connectivity index (χ4v) is 3.66. The van der Waals surface area contributed by atoms with Crippen LogP contribution in [-0.2, 0) is 0 Å². The van der Waals surface area contributed by atoms with Crippen molar-refractivity contribution in [2.24, 2.45) is 0 Å². The van der Waals surface area contributed by atoms with Gasteiger partial charge in [0, 0.05) is 43.5 Å². The average Bonchev–Trinajstić information content (AvgIpc) is 3.10. The van der Waals surface area contributed by atoms with E-state index in [9.17, 15) is 0 Å². The molecule has 0 unspecified atom stereocenters. The molecule has 1 aliphatic heterocycles. The fourth-order valence-electron chi connectivity index (χ4n) is 3.66. The summed E-state index contributed by atoms with van der Waals surface area (Å²) in [6.07, 6.45) is 12.1. The van der Waals surface area contributed by atoms with Crippen LogP contribution in [0.3, 0.4) is 0 Å². The molecule has 20 heavy (non-hydrogen) atoms. The van der Waals surface area contributed by atoms with Crippen LogP contribution in [0.4, 0.5) is 0 Å². The summed E-state index contributed by atoms with van der Waals surface area (Å²) in [6, 6.07) is 2.42. The largest absolute Gasteiger partial charge is 0.375 e. The van der Waals surface area contributed by atoms with Crippen molar-refractivity contribution < 1.29 is 0 Å². The molecule has 2 aliphatic carbocycles. The molecule has 0 aromatic carbocycles. The van der Waals surface area contributed by atoms with Crippen LogP contribution in [-0.4, -0.2) is 42.7 Å². The van der Waals surface area contributed by atoms with E-state index in [1.54, 1.807) is 0 Å². The molecule has 0 bridgehead atoms. The molecule has 0 radical (unpaired) electrons. The van der Waals surface area contributed by atoms with E-state index in [-0.39, 0.29) is 0 Å². The summed E-state index contributed by atoms with van der Waals surface area (Å²) < 4.78 is 0. The number of nitrogens with one attached hydrogen (secondary N) is 2. The predicted molar refractivity (Wildman–Crippen MR) is 84.8 cm³/mol. The average molecular weight is 277 g/mol. The van der Waals surface area contributed by atoms with Gasteiger partial charge in [0.1, 0.15) is 0 Å². The van der Waals surface area contributed by atoms with Crippen molar-refractivity contribution in [3.63, 3.8) is 0 Å². The van der Waals surface area contributed by atoms with Gasteiger partial charge in [-0.25, -0.2) is 0 Å². The molecule has 1 saturated heterocycles. The van der Waals surface area contributed by atoms with E-state index in [4.69, 9.17) is 0 Å². The Morgan fingerprint density at radius 2 is 1.45 bits per heavy atom. The van der Waals surface area contributed by atoms with Crippen molar-refractivity contribution in [2.45, 2.75) is 75.9 Å². The lowest BCUT2D eigenvalue weighted by molar-refractivity contribution is 0.304. The standard InChI is InChI=1S/C17H31N3/c1-14(20-12-2-3-13-20)10-11-18-15-4-6-16(7-5-15)19-17-8-9-17/h15-19H,1-13H2. The van der Waals surface area contributed by atoms with Crippen LogP contribution in [0.5, 0.6) is 0 Å². The van der Waals surface area contributed by atoms with Crippen molar-refractivity contribution in [2.75, 3.05) is 19.6 Å². The third-order valence-corrected chi connectivity index (χ3v) is 5.18. The van der Waals surface area contributed by atoms with Gasteiger partial charge in [0.15, 0.2) is 0 Å². The molecule has 2 N–H and O–H groups in total. The maximum absolute atomic E-state index is 4.25. The second-order valence-electron chi connectivity index (χ2n) is 6.95. The normalized spacial score (nSPS) is 30.7. The highest BCUT2D eigenvalue weighted by molar-refractivity contribution is 4.97. The number of rotatable bonds is 7. The van der Waals surface area contributed by atoms with Gasteiger partial charge in [0.05, 0.1) is 0 Å². The molecular formula is C17H31N3. The highest BCUT2D eigenvalue weighted by atomic mass is 15.1. The van der Waals surface area contributed by atoms with Gasteiger partial charge in [0.2, 0.25) is 0 Å². The molecule has 0 aromatic heterocycles. The SMILES string of the molecule is C=C(CCNC1CCC(NC2CC2)CC1)N1CCCC1. The molecule has 3 aliphatic rings. The van der Waals surface area contributed by atoms with E-state index in [1.165, 1.54) is 70.2 Å². The van der Waals surface area contributed by atoms with Crippen molar-refractivity contribution in [3.05, 3.63) is 12.3 Å². The van der Waals surface area contributed by atoms with Gasteiger partial charge in [-0.1, -0.05) is 6.58 Å². The fraction of sp³-hybridized carbons (Fsp3) is 0.882. The van der Waals surface area contributed by atoms with Gasteiger partial charge >= 0.3 is 0 Å². The summed E-state index contributed by atoms with van der Waals surface area (Å²) >= 11 is 0. The molecular weight excluding hydrogens is 246 g/mol. The summed E-state index contributed by atoms with van der Waals surface area (Å²) in [7, 11) is 0. The van der Waals surface area contributed by atoms with Crippen molar-refractivity contribution in [1.82, 2.24) is 15.5 Å². The Kier molecular flexibility index (Phi) is 5.00. The Balaban J connectivity index is 1.26. The van der Waals surface area contributed by atoms with E-state index in [0.29, 0.717) is 0 Å². The van der Waals surface area contributed by atoms with E-state index in [1.807, 2.05) is 0 Å². The second-order valence-corrected chi connectivity index (χ2v) is 6.95. The zero-order chi connectivity index (χ0) is 13.8. The van der Waals surface area contributed by atoms with Crippen LogP contribution in [0.25, 0.3) is 0 Å². The van der Waals surface area contributed by atoms with E-state index in [2.05, 4.69) is 22.1 Å². The minimum Gasteiger partial charge on any atom is -0.375 e. The summed E-state index contributed by atoms with van der Waals surface area (Å²) in [5.74, 6) is 0. The van der Waals surface area contributed by atoms with Crippen molar-refractivity contribution in [1.29, 1.82) is 0 Å². The molecule has 0 atom stereocenters. The van der Waals surface area contributed by atoms with Crippen LogP contribution in [0.15, 0.2) is 12.3 Å². The van der Waals surface area contributed by atoms with E-state index >= 15 is 0 Å². The van der Waals surface area contributed by atoms with Gasteiger partial charge in [-0.15, -0.1) is 0 Å². The lowest BCUT2D eigenvalue weighted by Crippen LogP contribution is -2.41. The highest BCUT2D eigenvalue weighted by Crippen LogP contribution is 2.25. The number of likely N-dealkylation sites (tertiary alicyclic amines) is 1. The molecule has 1 heterocycles. The Labute approximate surface area is 124 Å². The molecule has 0 spiro atoms. The molecule has 114 valence electrons. The monoisotopic (exact) mass is 277 g/mol. The first-order valence-corrected chi connectivity index (χ1v) is 8.73. The Hall–Kier alpha value is -0.540. The zero-order valence-electron chi connectivity index (χ0n) is 12.9. The second kappa shape index (κ2) is 6.95. The molecule has 2 saturated carbocycles. The molecule has 0 aromatic rings. The van der Waals surface area contributed by atoms with Gasteiger partial charge in [-0.2, -0.15) is 0 Å². The minimum absolute atomic E-state index is 0.749. The first-order chi connectivity index (χ1) is 9.81. The third kappa shape index (κ3) is 4.23. The number of hydrogen-bond donors (Lipinski definition) is 2. The number of hydrogen-bond acceptors (Lipinski definition) is 3. The Morgan fingerprint density at radius 1 is 0.900 bits per heavy atom. The summed E-state index contributed by atoms with van der Waals surface area (Å²) in [6.45, 7) is 7.82. The number of nitrogens with zero attached hydrogens (tertiary/aromatic N) is 1. The van der Waals surface area contributed by atoms with Crippen LogP contribution in [0.1, 0.15) is 57.8 Å². The molecule has 3 heteroatoms. The van der Waals surface area contributed by atoms with Gasteiger partial charge in [-0.05, 0) is 57.8 Å². The van der Waals surface area contributed by atoms with E-state index in [0.717, 1.165) is 31.1 Å².